The highest BCUT2D eigenvalue weighted by atomic mass is 16.1. The Morgan fingerprint density at radius 3 is 1.77 bits per heavy atom. The van der Waals surface area contributed by atoms with Crippen molar-refractivity contribution in [2.75, 3.05) is 41.3 Å². The predicted molar refractivity (Wildman–Crippen MR) is 111 cm³/mol. The second-order valence-electron chi connectivity index (χ2n) is 7.13. The fourth-order valence-corrected chi connectivity index (χ4v) is 2.06. The van der Waals surface area contributed by atoms with Crippen molar-refractivity contribution >= 4 is 11.8 Å². The van der Waals surface area contributed by atoms with Gasteiger partial charge in [0.05, 0.1) is 0 Å². The van der Waals surface area contributed by atoms with Crippen molar-refractivity contribution in [3.05, 3.63) is 23.8 Å². The molecule has 0 spiro atoms. The lowest BCUT2D eigenvalue weighted by atomic mass is 10.1. The van der Waals surface area contributed by atoms with Crippen LogP contribution in [0, 0.1) is 0 Å². The molecule has 0 aromatic carbocycles. The molecule has 26 heavy (non-hydrogen) atoms. The van der Waals surface area contributed by atoms with Crippen molar-refractivity contribution in [1.29, 1.82) is 0 Å². The quantitative estimate of drug-likeness (QED) is 0.385. The Balaban J connectivity index is 0. The van der Waals surface area contributed by atoms with Gasteiger partial charge in [0.1, 0.15) is 0 Å². The molecule has 0 aromatic heterocycles. The van der Waals surface area contributed by atoms with Crippen molar-refractivity contribution < 1.29 is 9.59 Å². The van der Waals surface area contributed by atoms with E-state index in [4.69, 9.17) is 11.5 Å². The van der Waals surface area contributed by atoms with Gasteiger partial charge in [0.2, 0.25) is 11.8 Å². The van der Waals surface area contributed by atoms with Crippen LogP contribution in [0.3, 0.4) is 0 Å². The molecule has 0 fully saturated rings. The lowest BCUT2D eigenvalue weighted by Crippen LogP contribution is -2.14. The van der Waals surface area contributed by atoms with Crippen molar-refractivity contribution in [2.45, 2.75) is 51.9 Å². The lowest BCUT2D eigenvalue weighted by molar-refractivity contribution is -0.115. The zero-order valence-corrected chi connectivity index (χ0v) is 17.5. The highest BCUT2D eigenvalue weighted by molar-refractivity contribution is 5.91. The van der Waals surface area contributed by atoms with E-state index in [0.29, 0.717) is 11.1 Å². The summed E-state index contributed by atoms with van der Waals surface area (Å²) in [6.45, 7) is 7.56. The number of primary amides is 2. The molecule has 0 rings (SSSR count). The summed E-state index contributed by atoms with van der Waals surface area (Å²) in [4.78, 5) is 25.5. The van der Waals surface area contributed by atoms with Crippen LogP contribution in [-0.4, -0.2) is 62.9 Å². The maximum Gasteiger partial charge on any atom is 0.244 e. The molecule has 0 saturated carbocycles. The van der Waals surface area contributed by atoms with E-state index in [9.17, 15) is 9.59 Å². The summed E-state index contributed by atoms with van der Waals surface area (Å²) in [5.41, 5.74) is 11.4. The second-order valence-corrected chi connectivity index (χ2v) is 7.13. The summed E-state index contributed by atoms with van der Waals surface area (Å²) in [5.74, 6) is -0.680. The van der Waals surface area contributed by atoms with Gasteiger partial charge in [-0.15, -0.1) is 0 Å². The molecule has 0 bridgehead atoms. The number of allylic oxidation sites excluding steroid dienone is 1. The minimum absolute atomic E-state index is 0.312. The molecule has 6 heteroatoms. The van der Waals surface area contributed by atoms with Gasteiger partial charge in [-0.2, -0.15) is 0 Å². The number of hydrogen-bond donors (Lipinski definition) is 2. The van der Waals surface area contributed by atoms with Gasteiger partial charge in [-0.3, -0.25) is 9.59 Å². The largest absolute Gasteiger partial charge is 0.366 e. The first-order valence-electron chi connectivity index (χ1n) is 9.31. The van der Waals surface area contributed by atoms with Gasteiger partial charge in [-0.25, -0.2) is 0 Å². The number of carbonyl (C=O) groups excluding carboxylic acids is 2. The summed E-state index contributed by atoms with van der Waals surface area (Å²) < 4.78 is 0. The van der Waals surface area contributed by atoms with Crippen molar-refractivity contribution in [3.63, 3.8) is 0 Å². The molecule has 0 aliphatic heterocycles. The van der Waals surface area contributed by atoms with Gasteiger partial charge < -0.3 is 21.3 Å². The predicted octanol–water partition coefficient (Wildman–Crippen LogP) is 2.30. The molecular formula is C20H40N4O2. The molecule has 0 heterocycles. The minimum atomic E-state index is -0.368. The topological polar surface area (TPSA) is 92.7 Å². The second kappa shape index (κ2) is 16.8. The van der Waals surface area contributed by atoms with Crippen LogP contribution in [0.15, 0.2) is 23.8 Å². The summed E-state index contributed by atoms with van der Waals surface area (Å²) >= 11 is 0. The van der Waals surface area contributed by atoms with Crippen LogP contribution >= 0.6 is 0 Å². The molecule has 152 valence electrons. The van der Waals surface area contributed by atoms with E-state index in [2.05, 4.69) is 44.6 Å². The number of amides is 2. The number of carbonyl (C=O) groups is 2. The van der Waals surface area contributed by atoms with Crippen LogP contribution in [0.4, 0.5) is 0 Å². The van der Waals surface area contributed by atoms with Crippen LogP contribution in [-0.2, 0) is 9.59 Å². The van der Waals surface area contributed by atoms with Gasteiger partial charge in [-0.05, 0) is 86.7 Å². The van der Waals surface area contributed by atoms with Crippen LogP contribution in [0.25, 0.3) is 0 Å². The third-order valence-electron chi connectivity index (χ3n) is 3.83. The smallest absolute Gasteiger partial charge is 0.244 e. The Bertz CT molecular complexity index is 443. The zero-order chi connectivity index (χ0) is 20.5. The number of hydrogen-bond acceptors (Lipinski definition) is 4. The summed E-state index contributed by atoms with van der Waals surface area (Å²) in [6.07, 6.45) is 9.18. The summed E-state index contributed by atoms with van der Waals surface area (Å²) in [6, 6.07) is 0. The third-order valence-corrected chi connectivity index (χ3v) is 3.83. The van der Waals surface area contributed by atoms with Gasteiger partial charge in [0.15, 0.2) is 0 Å². The van der Waals surface area contributed by atoms with E-state index in [1.165, 1.54) is 6.42 Å². The van der Waals surface area contributed by atoms with E-state index in [0.717, 1.165) is 51.6 Å². The van der Waals surface area contributed by atoms with E-state index in [-0.39, 0.29) is 11.8 Å². The van der Waals surface area contributed by atoms with Gasteiger partial charge in [-0.1, -0.05) is 19.1 Å². The molecule has 0 atom stereocenters. The average molecular weight is 369 g/mol. The molecule has 0 aliphatic rings. The van der Waals surface area contributed by atoms with Crippen molar-refractivity contribution in [2.24, 2.45) is 11.5 Å². The SMILES string of the molecule is C=C(CCCCCN(C)C)C(N)=O.CC(=CCCCCN(C)C)C(N)=O. The van der Waals surface area contributed by atoms with Crippen LogP contribution in [0.5, 0.6) is 0 Å². The molecule has 0 aliphatic carbocycles. The normalized spacial score (nSPS) is 11.3. The van der Waals surface area contributed by atoms with Crippen molar-refractivity contribution in [3.8, 4) is 0 Å². The highest BCUT2D eigenvalue weighted by Gasteiger charge is 2.00. The van der Waals surface area contributed by atoms with Gasteiger partial charge >= 0.3 is 0 Å². The highest BCUT2D eigenvalue weighted by Crippen LogP contribution is 2.06. The monoisotopic (exact) mass is 368 g/mol. The standard InChI is InChI=1S/2C10H20N2O/c2*1-9(10(11)13)7-5-4-6-8-12(2)3/h7H,4-6,8H2,1-3H3,(H2,11,13);1,4-8H2,2-3H3,(H2,11,13). The molecule has 2 amide bonds. The first kappa shape index (κ1) is 26.6. The van der Waals surface area contributed by atoms with Crippen LogP contribution in [0.1, 0.15) is 51.9 Å². The molecule has 6 nitrogen and oxygen atoms in total. The lowest BCUT2D eigenvalue weighted by Gasteiger charge is -2.08. The van der Waals surface area contributed by atoms with Gasteiger partial charge in [0.25, 0.3) is 0 Å². The molecule has 0 radical (unpaired) electrons. The number of rotatable bonds is 13. The average Bonchev–Trinajstić information content (AvgIpc) is 2.53. The van der Waals surface area contributed by atoms with Crippen molar-refractivity contribution in [1.82, 2.24) is 9.80 Å². The Hall–Kier alpha value is -1.66. The van der Waals surface area contributed by atoms with Gasteiger partial charge in [0, 0.05) is 11.1 Å². The maximum absolute atomic E-state index is 10.6. The minimum Gasteiger partial charge on any atom is -0.366 e. The number of unbranched alkanes of at least 4 members (excludes halogenated alkanes) is 4. The fraction of sp³-hybridized carbons (Fsp3) is 0.700. The van der Waals surface area contributed by atoms with E-state index in [1.807, 2.05) is 6.08 Å². The van der Waals surface area contributed by atoms with E-state index >= 15 is 0 Å². The Kier molecular flexibility index (Phi) is 17.2. The Morgan fingerprint density at radius 1 is 0.846 bits per heavy atom. The number of nitrogens with two attached hydrogens (primary N) is 2. The molecule has 4 N–H and O–H groups in total. The molecule has 0 aromatic rings. The maximum atomic E-state index is 10.6. The summed E-state index contributed by atoms with van der Waals surface area (Å²) in [7, 11) is 8.24. The van der Waals surface area contributed by atoms with E-state index in [1.54, 1.807) is 6.92 Å². The molecule has 0 saturated heterocycles. The fourth-order valence-electron chi connectivity index (χ4n) is 2.06. The first-order chi connectivity index (χ1) is 12.1. The third kappa shape index (κ3) is 20.4. The van der Waals surface area contributed by atoms with E-state index < -0.39 is 0 Å². The molecular weight excluding hydrogens is 328 g/mol. The van der Waals surface area contributed by atoms with Crippen LogP contribution < -0.4 is 11.5 Å². The zero-order valence-electron chi connectivity index (χ0n) is 17.5. The summed E-state index contributed by atoms with van der Waals surface area (Å²) in [5, 5.41) is 0. The first-order valence-corrected chi connectivity index (χ1v) is 9.31. The number of nitrogens with zero attached hydrogens (tertiary/aromatic N) is 2. The van der Waals surface area contributed by atoms with Crippen LogP contribution in [0.2, 0.25) is 0 Å². The Morgan fingerprint density at radius 2 is 1.35 bits per heavy atom. The Labute approximate surface area is 160 Å². The molecule has 0 unspecified atom stereocenters.